The Morgan fingerprint density at radius 2 is 1.88 bits per heavy atom. The van der Waals surface area contributed by atoms with Crippen molar-refractivity contribution in [3.05, 3.63) is 12.7 Å². The van der Waals surface area contributed by atoms with Crippen LogP contribution in [0, 0.1) is 0 Å². The summed E-state index contributed by atoms with van der Waals surface area (Å²) >= 11 is 0. The molecule has 0 aromatic rings. The second kappa shape index (κ2) is 3.35. The third-order valence-corrected chi connectivity index (χ3v) is 0.731. The molecule has 46 valence electrons. The van der Waals surface area contributed by atoms with E-state index in [0.29, 0.717) is 0 Å². The largest absolute Gasteiger partial charge is 0.386 e. The maximum Gasteiger partial charge on any atom is 0.151 e. The number of hydrogen-bond acceptors (Lipinski definition) is 3. The van der Waals surface area contributed by atoms with Gasteiger partial charge in [0.1, 0.15) is 12.2 Å². The van der Waals surface area contributed by atoms with E-state index in [2.05, 4.69) is 6.58 Å². The third kappa shape index (κ3) is 1.86. The SMILES string of the molecule is C=C[C@H](O)[C@@H](O)C=O. The number of aliphatic hydroxyl groups is 2. The molecule has 0 aromatic heterocycles. The molecule has 0 unspecified atom stereocenters. The quantitative estimate of drug-likeness (QED) is 0.371. The van der Waals surface area contributed by atoms with Gasteiger partial charge < -0.3 is 15.0 Å². The number of aldehydes is 1. The van der Waals surface area contributed by atoms with Crippen molar-refractivity contribution in [2.45, 2.75) is 12.2 Å². The van der Waals surface area contributed by atoms with Crippen molar-refractivity contribution in [3.8, 4) is 0 Å². The molecule has 0 saturated carbocycles. The van der Waals surface area contributed by atoms with Gasteiger partial charge in [-0.1, -0.05) is 6.08 Å². The van der Waals surface area contributed by atoms with Crippen LogP contribution in [0.25, 0.3) is 0 Å². The van der Waals surface area contributed by atoms with Crippen molar-refractivity contribution in [1.82, 2.24) is 0 Å². The molecule has 0 heterocycles. The maximum absolute atomic E-state index is 9.65. The Balaban J connectivity index is 3.60. The monoisotopic (exact) mass is 116 g/mol. The van der Waals surface area contributed by atoms with E-state index in [9.17, 15) is 4.79 Å². The molecular weight excluding hydrogens is 108 g/mol. The summed E-state index contributed by atoms with van der Waals surface area (Å²) in [5.41, 5.74) is 0. The van der Waals surface area contributed by atoms with Gasteiger partial charge in [-0.2, -0.15) is 0 Å². The summed E-state index contributed by atoms with van der Waals surface area (Å²) in [6, 6.07) is 0. The van der Waals surface area contributed by atoms with E-state index < -0.39 is 12.2 Å². The molecule has 0 aliphatic heterocycles. The van der Waals surface area contributed by atoms with E-state index in [4.69, 9.17) is 10.2 Å². The highest BCUT2D eigenvalue weighted by Gasteiger charge is 2.08. The summed E-state index contributed by atoms with van der Waals surface area (Å²) in [5.74, 6) is 0. The minimum Gasteiger partial charge on any atom is -0.386 e. The van der Waals surface area contributed by atoms with Crippen LogP contribution in [0.1, 0.15) is 0 Å². The van der Waals surface area contributed by atoms with Gasteiger partial charge in [-0.25, -0.2) is 0 Å². The Hall–Kier alpha value is -0.670. The molecule has 0 aliphatic carbocycles. The second-order valence-corrected chi connectivity index (χ2v) is 1.35. The Kier molecular flexibility index (Phi) is 3.07. The molecule has 0 bridgehead atoms. The topological polar surface area (TPSA) is 57.5 Å². The number of aliphatic hydroxyl groups excluding tert-OH is 2. The first-order valence-electron chi connectivity index (χ1n) is 2.16. The lowest BCUT2D eigenvalue weighted by atomic mass is 10.2. The first kappa shape index (κ1) is 7.33. The zero-order chi connectivity index (χ0) is 6.57. The molecule has 0 aliphatic rings. The lowest BCUT2D eigenvalue weighted by Crippen LogP contribution is -2.24. The van der Waals surface area contributed by atoms with E-state index in [1.165, 1.54) is 0 Å². The van der Waals surface area contributed by atoms with Gasteiger partial charge in [0.25, 0.3) is 0 Å². The third-order valence-electron chi connectivity index (χ3n) is 0.731. The van der Waals surface area contributed by atoms with E-state index in [-0.39, 0.29) is 6.29 Å². The molecule has 2 N–H and O–H groups in total. The number of carbonyl (C=O) groups excluding carboxylic acids is 1. The van der Waals surface area contributed by atoms with Crippen LogP contribution in [-0.2, 0) is 4.79 Å². The average Bonchev–Trinajstić information content (AvgIpc) is 1.84. The molecule has 0 spiro atoms. The molecule has 3 nitrogen and oxygen atoms in total. The molecular formula is C5H8O3. The lowest BCUT2D eigenvalue weighted by molar-refractivity contribution is -0.118. The molecule has 0 amide bonds. The van der Waals surface area contributed by atoms with Crippen molar-refractivity contribution in [2.24, 2.45) is 0 Å². The van der Waals surface area contributed by atoms with Crippen LogP contribution in [0.3, 0.4) is 0 Å². The lowest BCUT2D eigenvalue weighted by Gasteiger charge is -2.04. The molecule has 8 heavy (non-hydrogen) atoms. The van der Waals surface area contributed by atoms with Crippen molar-refractivity contribution in [2.75, 3.05) is 0 Å². The molecule has 0 radical (unpaired) electrons. The van der Waals surface area contributed by atoms with Crippen molar-refractivity contribution in [3.63, 3.8) is 0 Å². The normalized spacial score (nSPS) is 16.8. The highest BCUT2D eigenvalue weighted by atomic mass is 16.3. The second-order valence-electron chi connectivity index (χ2n) is 1.35. The molecule has 2 atom stereocenters. The number of carbonyl (C=O) groups is 1. The summed E-state index contributed by atoms with van der Waals surface area (Å²) in [6.07, 6.45) is -1.11. The average molecular weight is 116 g/mol. The summed E-state index contributed by atoms with van der Waals surface area (Å²) in [5, 5.41) is 17.0. The van der Waals surface area contributed by atoms with E-state index in [1.54, 1.807) is 0 Å². The van der Waals surface area contributed by atoms with Gasteiger partial charge in [0.2, 0.25) is 0 Å². The predicted molar refractivity (Wildman–Crippen MR) is 28.3 cm³/mol. The molecule has 0 fully saturated rings. The van der Waals surface area contributed by atoms with E-state index >= 15 is 0 Å². The van der Waals surface area contributed by atoms with Crippen molar-refractivity contribution in [1.29, 1.82) is 0 Å². The first-order valence-corrected chi connectivity index (χ1v) is 2.16. The summed E-state index contributed by atoms with van der Waals surface area (Å²) < 4.78 is 0. The standard InChI is InChI=1S/C5H8O3/c1-2-4(7)5(8)3-6/h2-5,7-8H,1H2/t4-,5-/m0/s1. The summed E-state index contributed by atoms with van der Waals surface area (Å²) in [4.78, 5) is 9.65. The Labute approximate surface area is 47.3 Å². The van der Waals surface area contributed by atoms with E-state index in [0.717, 1.165) is 6.08 Å². The Morgan fingerprint density at radius 1 is 1.38 bits per heavy atom. The van der Waals surface area contributed by atoms with Crippen LogP contribution >= 0.6 is 0 Å². The van der Waals surface area contributed by atoms with Gasteiger partial charge in [0.15, 0.2) is 6.29 Å². The fraction of sp³-hybridized carbons (Fsp3) is 0.400. The Bertz CT molecular complexity index is 77.7. The minimum absolute atomic E-state index is 0.256. The molecule has 3 heteroatoms. The highest BCUT2D eigenvalue weighted by Crippen LogP contribution is 1.88. The summed E-state index contributed by atoms with van der Waals surface area (Å²) in [6.45, 7) is 3.16. The summed E-state index contributed by atoms with van der Waals surface area (Å²) in [7, 11) is 0. The van der Waals surface area contributed by atoms with Gasteiger partial charge in [-0.05, 0) is 0 Å². The highest BCUT2D eigenvalue weighted by molar-refractivity contribution is 5.57. The van der Waals surface area contributed by atoms with Crippen LogP contribution in [0.5, 0.6) is 0 Å². The fourth-order valence-electron chi connectivity index (χ4n) is 0.220. The maximum atomic E-state index is 9.65. The van der Waals surface area contributed by atoms with Crippen LogP contribution in [0.15, 0.2) is 12.7 Å². The van der Waals surface area contributed by atoms with Crippen LogP contribution in [0.2, 0.25) is 0 Å². The zero-order valence-corrected chi connectivity index (χ0v) is 4.32. The molecule has 0 aromatic carbocycles. The van der Waals surface area contributed by atoms with Gasteiger partial charge in [-0.3, -0.25) is 0 Å². The Morgan fingerprint density at radius 3 is 2.00 bits per heavy atom. The van der Waals surface area contributed by atoms with E-state index in [1.807, 2.05) is 0 Å². The fourth-order valence-corrected chi connectivity index (χ4v) is 0.220. The number of hydrogen-bond donors (Lipinski definition) is 2. The van der Waals surface area contributed by atoms with Crippen molar-refractivity contribution < 1.29 is 15.0 Å². The van der Waals surface area contributed by atoms with Gasteiger partial charge >= 0.3 is 0 Å². The predicted octanol–water partition coefficient (Wildman–Crippen LogP) is -0.907. The van der Waals surface area contributed by atoms with Crippen LogP contribution in [-0.4, -0.2) is 28.7 Å². The van der Waals surface area contributed by atoms with Gasteiger partial charge in [0, 0.05) is 0 Å². The van der Waals surface area contributed by atoms with Crippen LogP contribution in [0.4, 0.5) is 0 Å². The number of rotatable bonds is 3. The smallest absolute Gasteiger partial charge is 0.151 e. The van der Waals surface area contributed by atoms with Gasteiger partial charge in [-0.15, -0.1) is 6.58 Å². The minimum atomic E-state index is -1.33. The van der Waals surface area contributed by atoms with Gasteiger partial charge in [0.05, 0.1) is 0 Å². The van der Waals surface area contributed by atoms with Crippen LogP contribution < -0.4 is 0 Å². The molecule has 0 rings (SSSR count). The first-order chi connectivity index (χ1) is 3.72. The molecule has 0 saturated heterocycles. The van der Waals surface area contributed by atoms with Crippen molar-refractivity contribution >= 4 is 6.29 Å². The zero-order valence-electron chi connectivity index (χ0n) is 4.32.